The van der Waals surface area contributed by atoms with Crippen molar-refractivity contribution in [1.29, 1.82) is 0 Å². The summed E-state index contributed by atoms with van der Waals surface area (Å²) in [5, 5.41) is 16.3. The summed E-state index contributed by atoms with van der Waals surface area (Å²) in [6.07, 6.45) is 3.55. The van der Waals surface area contributed by atoms with Crippen molar-refractivity contribution in [2.24, 2.45) is 5.92 Å². The van der Waals surface area contributed by atoms with Crippen LogP contribution in [0.25, 0.3) is 23.0 Å². The van der Waals surface area contributed by atoms with Crippen molar-refractivity contribution in [2.45, 2.75) is 13.8 Å². The van der Waals surface area contributed by atoms with Crippen LogP contribution in [0.5, 0.6) is 5.75 Å². The number of aromatic nitrogens is 2. The van der Waals surface area contributed by atoms with Crippen LogP contribution in [0.1, 0.15) is 19.4 Å². The Morgan fingerprint density at radius 2 is 1.97 bits per heavy atom. The topological polar surface area (TPSA) is 90.5 Å². The Hall–Kier alpha value is -3.50. The minimum Gasteiger partial charge on any atom is -0.490 e. The summed E-state index contributed by atoms with van der Waals surface area (Å²) in [5.41, 5.74) is 2.34. The second kappa shape index (κ2) is 9.78. The van der Waals surface area contributed by atoms with E-state index in [1.165, 1.54) is 24.9 Å². The van der Waals surface area contributed by atoms with Crippen LogP contribution in [-0.2, 0) is 4.79 Å². The summed E-state index contributed by atoms with van der Waals surface area (Å²) in [5.74, 6) is 0.285. The minimum atomic E-state index is -0.493. The van der Waals surface area contributed by atoms with Crippen molar-refractivity contribution >= 4 is 46.0 Å². The molecule has 1 aliphatic rings. The van der Waals surface area contributed by atoms with Gasteiger partial charge in [-0.25, -0.2) is 4.68 Å². The average molecular weight is 495 g/mol. The van der Waals surface area contributed by atoms with Crippen LogP contribution in [0.3, 0.4) is 0 Å². The molecule has 4 rings (SSSR count). The van der Waals surface area contributed by atoms with Gasteiger partial charge in [0, 0.05) is 29.9 Å². The highest BCUT2D eigenvalue weighted by atomic mass is 32.2. The second-order valence-corrected chi connectivity index (χ2v) is 9.72. The number of nitro groups is 1. The van der Waals surface area contributed by atoms with Gasteiger partial charge in [-0.2, -0.15) is 5.10 Å². The smallest absolute Gasteiger partial charge is 0.311 e. The van der Waals surface area contributed by atoms with Crippen molar-refractivity contribution in [3.05, 3.63) is 75.3 Å². The van der Waals surface area contributed by atoms with Crippen LogP contribution in [0, 0.1) is 16.0 Å². The molecular weight excluding hydrogens is 472 g/mol. The van der Waals surface area contributed by atoms with Crippen molar-refractivity contribution < 1.29 is 14.5 Å². The zero-order valence-electron chi connectivity index (χ0n) is 18.8. The molecule has 0 N–H and O–H groups in total. The predicted molar refractivity (Wildman–Crippen MR) is 137 cm³/mol. The van der Waals surface area contributed by atoms with E-state index in [2.05, 4.69) is 0 Å². The fourth-order valence-corrected chi connectivity index (χ4v) is 4.84. The number of ether oxygens (including phenoxy) is 1. The number of rotatable bonds is 7. The molecular formula is C24H22N4O4S2. The van der Waals surface area contributed by atoms with Gasteiger partial charge in [-0.05, 0) is 36.3 Å². The Balaban J connectivity index is 1.83. The highest BCUT2D eigenvalue weighted by molar-refractivity contribution is 8.26. The van der Waals surface area contributed by atoms with Gasteiger partial charge in [0.15, 0.2) is 5.75 Å². The van der Waals surface area contributed by atoms with E-state index in [9.17, 15) is 14.9 Å². The van der Waals surface area contributed by atoms with Gasteiger partial charge < -0.3 is 4.74 Å². The monoisotopic (exact) mass is 494 g/mol. The molecule has 0 unspecified atom stereocenters. The van der Waals surface area contributed by atoms with Gasteiger partial charge in [-0.15, -0.1) is 0 Å². The fourth-order valence-electron chi connectivity index (χ4n) is 3.57. The fraction of sp³-hybridized carbons (Fsp3) is 0.208. The third kappa shape index (κ3) is 4.73. The Labute approximate surface area is 206 Å². The average Bonchev–Trinajstić information content (AvgIpc) is 3.35. The summed E-state index contributed by atoms with van der Waals surface area (Å²) in [4.78, 5) is 26.2. The molecule has 1 amide bonds. The van der Waals surface area contributed by atoms with E-state index in [0.29, 0.717) is 32.6 Å². The van der Waals surface area contributed by atoms with Crippen molar-refractivity contribution in [3.8, 4) is 22.7 Å². The Morgan fingerprint density at radius 3 is 2.62 bits per heavy atom. The molecule has 0 radical (unpaired) electrons. The molecule has 8 nitrogen and oxygen atoms in total. The molecule has 1 saturated heterocycles. The molecule has 10 heteroatoms. The second-order valence-electron chi connectivity index (χ2n) is 8.04. The van der Waals surface area contributed by atoms with Gasteiger partial charge in [0.1, 0.15) is 10.0 Å². The van der Waals surface area contributed by atoms with E-state index in [1.807, 2.05) is 44.2 Å². The molecule has 0 bridgehead atoms. The van der Waals surface area contributed by atoms with Crippen LogP contribution in [-0.4, -0.2) is 43.5 Å². The van der Waals surface area contributed by atoms with Gasteiger partial charge in [0.2, 0.25) is 0 Å². The van der Waals surface area contributed by atoms with E-state index in [-0.39, 0.29) is 23.3 Å². The number of nitrogens with zero attached hydrogens (tertiary/aromatic N) is 4. The number of thiocarbonyl (C=S) groups is 1. The van der Waals surface area contributed by atoms with Crippen LogP contribution >= 0.6 is 24.0 Å². The molecule has 2 aromatic carbocycles. The summed E-state index contributed by atoms with van der Waals surface area (Å²) >= 11 is 6.67. The first-order chi connectivity index (χ1) is 16.3. The number of para-hydroxylation sites is 1. The van der Waals surface area contributed by atoms with E-state index in [4.69, 9.17) is 22.1 Å². The maximum atomic E-state index is 13.0. The molecule has 34 heavy (non-hydrogen) atoms. The van der Waals surface area contributed by atoms with Crippen molar-refractivity contribution in [2.75, 3.05) is 13.7 Å². The SMILES string of the molecule is COc1ccc(-c2nn(-c3ccccc3)cc2/C=C2\SC(=S)N(CC(C)C)C2=O)cc1[N+](=O)[O-]. The summed E-state index contributed by atoms with van der Waals surface area (Å²) < 4.78 is 7.33. The maximum absolute atomic E-state index is 13.0. The molecule has 174 valence electrons. The van der Waals surface area contributed by atoms with Gasteiger partial charge in [0.05, 0.1) is 22.6 Å². The van der Waals surface area contributed by atoms with E-state index >= 15 is 0 Å². The quantitative estimate of drug-likeness (QED) is 0.190. The lowest BCUT2D eigenvalue weighted by molar-refractivity contribution is -0.385. The van der Waals surface area contributed by atoms with Gasteiger partial charge in [-0.1, -0.05) is 56.0 Å². The highest BCUT2D eigenvalue weighted by Gasteiger charge is 2.32. The zero-order chi connectivity index (χ0) is 24.4. The first-order valence-electron chi connectivity index (χ1n) is 10.5. The van der Waals surface area contributed by atoms with Crippen LogP contribution < -0.4 is 4.74 Å². The molecule has 0 aliphatic carbocycles. The third-order valence-electron chi connectivity index (χ3n) is 5.12. The lowest BCUT2D eigenvalue weighted by Crippen LogP contribution is -2.31. The molecule has 0 saturated carbocycles. The predicted octanol–water partition coefficient (Wildman–Crippen LogP) is 5.31. The molecule has 0 atom stereocenters. The maximum Gasteiger partial charge on any atom is 0.311 e. The van der Waals surface area contributed by atoms with Gasteiger partial charge in [-0.3, -0.25) is 19.8 Å². The first kappa shape index (κ1) is 23.7. The van der Waals surface area contributed by atoms with E-state index < -0.39 is 4.92 Å². The first-order valence-corrected chi connectivity index (χ1v) is 11.7. The number of carbonyl (C=O) groups excluding carboxylic acids is 1. The Morgan fingerprint density at radius 1 is 1.24 bits per heavy atom. The Bertz CT molecular complexity index is 1300. The number of amides is 1. The largest absolute Gasteiger partial charge is 0.490 e. The van der Waals surface area contributed by atoms with Gasteiger partial charge in [0.25, 0.3) is 5.91 Å². The van der Waals surface area contributed by atoms with Crippen molar-refractivity contribution in [1.82, 2.24) is 14.7 Å². The summed E-state index contributed by atoms with van der Waals surface area (Å²) in [7, 11) is 1.39. The Kier molecular flexibility index (Phi) is 6.80. The molecule has 0 spiro atoms. The standard InChI is InChI=1S/C24H22N4O4S2/c1-15(2)13-26-23(29)21(34-24(26)33)12-17-14-27(18-7-5-4-6-8-18)25-22(17)16-9-10-20(32-3)19(11-16)28(30)31/h4-12,14-15H,13H2,1-3H3/b21-12-. The van der Waals surface area contributed by atoms with E-state index in [0.717, 1.165) is 5.69 Å². The normalized spacial score (nSPS) is 14.9. The number of benzene rings is 2. The lowest BCUT2D eigenvalue weighted by Gasteiger charge is -2.16. The molecule has 1 aliphatic heterocycles. The van der Waals surface area contributed by atoms with Gasteiger partial charge >= 0.3 is 5.69 Å². The number of nitro benzene ring substituents is 1. The third-order valence-corrected chi connectivity index (χ3v) is 6.50. The van der Waals surface area contributed by atoms with Crippen LogP contribution in [0.2, 0.25) is 0 Å². The number of hydrogen-bond donors (Lipinski definition) is 0. The highest BCUT2D eigenvalue weighted by Crippen LogP contribution is 2.37. The van der Waals surface area contributed by atoms with Crippen LogP contribution in [0.15, 0.2) is 59.6 Å². The summed E-state index contributed by atoms with van der Waals surface area (Å²) in [6, 6.07) is 14.2. The molecule has 1 fully saturated rings. The van der Waals surface area contributed by atoms with Crippen LogP contribution in [0.4, 0.5) is 5.69 Å². The molecule has 3 aromatic rings. The molecule has 1 aromatic heterocycles. The summed E-state index contributed by atoms with van der Waals surface area (Å²) in [6.45, 7) is 4.60. The number of carbonyl (C=O) groups is 1. The number of methoxy groups -OCH3 is 1. The number of thioether (sulfide) groups is 1. The lowest BCUT2D eigenvalue weighted by atomic mass is 10.1. The molecule has 2 heterocycles. The number of hydrogen-bond acceptors (Lipinski definition) is 7. The van der Waals surface area contributed by atoms with E-state index in [1.54, 1.807) is 34.0 Å². The van der Waals surface area contributed by atoms with Crippen molar-refractivity contribution in [3.63, 3.8) is 0 Å². The zero-order valence-corrected chi connectivity index (χ0v) is 20.4. The minimum absolute atomic E-state index is 0.150.